The Morgan fingerprint density at radius 3 is 2.73 bits per heavy atom. The van der Waals surface area contributed by atoms with Gasteiger partial charge in [0.1, 0.15) is 0 Å². The van der Waals surface area contributed by atoms with Crippen LogP contribution in [0.4, 0.5) is 0 Å². The van der Waals surface area contributed by atoms with Crippen LogP contribution in [0.15, 0.2) is 17.3 Å². The van der Waals surface area contributed by atoms with Crippen LogP contribution in [-0.4, -0.2) is 17.8 Å². The lowest BCUT2D eigenvalue weighted by atomic mass is 9.96. The second-order valence-corrected chi connectivity index (χ2v) is 3.57. The molecule has 0 aromatic carbocycles. The lowest BCUT2D eigenvalue weighted by molar-refractivity contribution is 0.407. The van der Waals surface area contributed by atoms with Gasteiger partial charge in [-0.3, -0.25) is 4.99 Å². The monoisotopic (exact) mass is 152 g/mol. The van der Waals surface area contributed by atoms with Gasteiger partial charge in [0.15, 0.2) is 0 Å². The third-order valence-electron chi connectivity index (χ3n) is 1.77. The van der Waals surface area contributed by atoms with Crippen molar-refractivity contribution in [3.05, 3.63) is 12.3 Å². The van der Waals surface area contributed by atoms with Crippen molar-refractivity contribution in [2.45, 2.75) is 38.8 Å². The number of rotatable bonds is 2. The number of hydrogen-bond donors (Lipinski definition) is 1. The Hall–Kier alpha value is -0.630. The summed E-state index contributed by atoms with van der Waals surface area (Å²) in [4.78, 5) is 4.03. The van der Waals surface area contributed by atoms with Gasteiger partial charge in [0.2, 0.25) is 0 Å². The fraction of sp³-hybridized carbons (Fsp3) is 0.667. The minimum atomic E-state index is 0.121. The Morgan fingerprint density at radius 1 is 1.55 bits per heavy atom. The van der Waals surface area contributed by atoms with E-state index in [9.17, 15) is 0 Å². The van der Waals surface area contributed by atoms with E-state index in [4.69, 9.17) is 0 Å². The smallest absolute Gasteiger partial charge is 0.0405 e. The molecule has 0 aliphatic carbocycles. The molecule has 1 aliphatic rings. The summed E-state index contributed by atoms with van der Waals surface area (Å²) in [5.41, 5.74) is 0.121. The highest BCUT2D eigenvalue weighted by Gasteiger charge is 2.21. The van der Waals surface area contributed by atoms with Crippen LogP contribution in [-0.2, 0) is 0 Å². The molecule has 11 heavy (non-hydrogen) atoms. The summed E-state index contributed by atoms with van der Waals surface area (Å²) in [6, 6.07) is 0.524. The summed E-state index contributed by atoms with van der Waals surface area (Å²) in [5, 5.41) is 3.48. The summed E-state index contributed by atoms with van der Waals surface area (Å²) < 4.78 is 0. The zero-order valence-corrected chi connectivity index (χ0v) is 7.46. The van der Waals surface area contributed by atoms with E-state index in [1.807, 2.05) is 12.4 Å². The van der Waals surface area contributed by atoms with Crippen LogP contribution in [0.25, 0.3) is 0 Å². The Bertz CT molecular complexity index is 182. The predicted octanol–water partition coefficient (Wildman–Crippen LogP) is 1.73. The van der Waals surface area contributed by atoms with Gasteiger partial charge >= 0.3 is 0 Å². The normalized spacial score (nSPS) is 29.8. The molecule has 0 aromatic rings. The van der Waals surface area contributed by atoms with Crippen LogP contribution in [0.5, 0.6) is 0 Å². The van der Waals surface area contributed by atoms with Crippen molar-refractivity contribution in [1.29, 1.82) is 0 Å². The first-order valence-corrected chi connectivity index (χ1v) is 4.09. The summed E-state index contributed by atoms with van der Waals surface area (Å²) in [7, 11) is 0. The fourth-order valence-corrected chi connectivity index (χ4v) is 1.35. The molecule has 0 radical (unpaired) electrons. The van der Waals surface area contributed by atoms with E-state index in [0.29, 0.717) is 6.04 Å². The maximum absolute atomic E-state index is 4.03. The Kier molecular flexibility index (Phi) is 2.45. The van der Waals surface area contributed by atoms with Crippen LogP contribution in [0, 0.1) is 0 Å². The first-order chi connectivity index (χ1) is 5.12. The average Bonchev–Trinajstić information content (AvgIpc) is 1.85. The van der Waals surface area contributed by atoms with Crippen LogP contribution >= 0.6 is 0 Å². The minimum absolute atomic E-state index is 0.121. The van der Waals surface area contributed by atoms with Gasteiger partial charge in [-0.1, -0.05) is 13.8 Å². The van der Waals surface area contributed by atoms with Crippen molar-refractivity contribution in [3.63, 3.8) is 0 Å². The van der Waals surface area contributed by atoms with Crippen LogP contribution in [0.2, 0.25) is 0 Å². The number of aliphatic imine (C=N–C) groups is 1. The molecule has 1 heterocycles. The third kappa shape index (κ3) is 2.46. The van der Waals surface area contributed by atoms with Crippen molar-refractivity contribution in [1.82, 2.24) is 5.32 Å². The van der Waals surface area contributed by atoms with Gasteiger partial charge in [0.05, 0.1) is 0 Å². The summed E-state index contributed by atoms with van der Waals surface area (Å²) in [5.74, 6) is 0. The molecule has 1 atom stereocenters. The Morgan fingerprint density at radius 2 is 2.27 bits per heavy atom. The Balaban J connectivity index is 2.54. The standard InChI is InChI=1S/C9H16N2/c1-8(2)11-9(3)4-6-10-7-5-9/h4,6-8,11H,5H2,1-3H3. The molecule has 1 unspecified atom stereocenters. The molecule has 1 rings (SSSR count). The third-order valence-corrected chi connectivity index (χ3v) is 1.77. The van der Waals surface area contributed by atoms with Gasteiger partial charge in [-0.15, -0.1) is 0 Å². The highest BCUT2D eigenvalue weighted by Crippen LogP contribution is 2.14. The lowest BCUT2D eigenvalue weighted by Crippen LogP contribution is -2.45. The summed E-state index contributed by atoms with van der Waals surface area (Å²) >= 11 is 0. The zero-order valence-electron chi connectivity index (χ0n) is 7.46. The first-order valence-electron chi connectivity index (χ1n) is 4.09. The molecule has 2 heteroatoms. The minimum Gasteiger partial charge on any atom is -0.305 e. The van der Waals surface area contributed by atoms with Crippen LogP contribution in [0.3, 0.4) is 0 Å². The van der Waals surface area contributed by atoms with Gasteiger partial charge in [-0.2, -0.15) is 0 Å². The van der Waals surface area contributed by atoms with Crippen LogP contribution in [0.1, 0.15) is 27.2 Å². The van der Waals surface area contributed by atoms with E-state index in [1.54, 1.807) is 0 Å². The summed E-state index contributed by atoms with van der Waals surface area (Å²) in [6.45, 7) is 6.50. The number of hydrogen-bond acceptors (Lipinski definition) is 2. The summed E-state index contributed by atoms with van der Waals surface area (Å²) in [6.07, 6.45) is 6.92. The lowest BCUT2D eigenvalue weighted by Gasteiger charge is -2.29. The molecule has 0 fully saturated rings. The molecule has 2 nitrogen and oxygen atoms in total. The molecule has 0 saturated carbocycles. The quantitative estimate of drug-likeness (QED) is 0.640. The fourth-order valence-electron chi connectivity index (χ4n) is 1.35. The van der Waals surface area contributed by atoms with Crippen molar-refractivity contribution >= 4 is 6.21 Å². The number of nitrogens with one attached hydrogen (secondary N) is 1. The highest BCUT2D eigenvalue weighted by molar-refractivity contribution is 5.62. The molecule has 0 saturated heterocycles. The van der Waals surface area contributed by atoms with Gasteiger partial charge in [0, 0.05) is 30.4 Å². The highest BCUT2D eigenvalue weighted by atomic mass is 15.0. The van der Waals surface area contributed by atoms with Gasteiger partial charge in [0.25, 0.3) is 0 Å². The van der Waals surface area contributed by atoms with E-state index in [2.05, 4.69) is 37.2 Å². The zero-order chi connectivity index (χ0) is 8.32. The topological polar surface area (TPSA) is 24.4 Å². The largest absolute Gasteiger partial charge is 0.305 e. The maximum atomic E-state index is 4.03. The van der Waals surface area contributed by atoms with Crippen molar-refractivity contribution < 1.29 is 0 Å². The molecule has 1 aliphatic heterocycles. The molecule has 0 bridgehead atoms. The molecule has 0 spiro atoms. The molecule has 62 valence electrons. The van der Waals surface area contributed by atoms with E-state index in [-0.39, 0.29) is 5.54 Å². The Labute approximate surface area is 68.4 Å². The number of nitrogens with zero attached hydrogens (tertiary/aromatic N) is 1. The second kappa shape index (κ2) is 3.18. The SMILES string of the molecule is CC(C)NC1(C)C=CN=CC1. The van der Waals surface area contributed by atoms with Crippen LogP contribution < -0.4 is 5.32 Å². The predicted molar refractivity (Wildman–Crippen MR) is 48.9 cm³/mol. The first kappa shape index (κ1) is 8.47. The molecular formula is C9H16N2. The average molecular weight is 152 g/mol. The molecule has 1 N–H and O–H groups in total. The molecule has 0 aromatic heterocycles. The van der Waals surface area contributed by atoms with Gasteiger partial charge in [-0.25, -0.2) is 0 Å². The molecule has 0 amide bonds. The van der Waals surface area contributed by atoms with E-state index in [1.165, 1.54) is 0 Å². The van der Waals surface area contributed by atoms with E-state index >= 15 is 0 Å². The van der Waals surface area contributed by atoms with Crippen molar-refractivity contribution in [2.75, 3.05) is 0 Å². The van der Waals surface area contributed by atoms with Gasteiger partial charge < -0.3 is 5.32 Å². The molecular weight excluding hydrogens is 136 g/mol. The van der Waals surface area contributed by atoms with Crippen molar-refractivity contribution in [2.24, 2.45) is 4.99 Å². The van der Waals surface area contributed by atoms with E-state index in [0.717, 1.165) is 6.42 Å². The van der Waals surface area contributed by atoms with Crippen molar-refractivity contribution in [3.8, 4) is 0 Å². The maximum Gasteiger partial charge on any atom is 0.0405 e. The van der Waals surface area contributed by atoms with E-state index < -0.39 is 0 Å². The second-order valence-electron chi connectivity index (χ2n) is 3.57. The van der Waals surface area contributed by atoms with Gasteiger partial charge in [-0.05, 0) is 13.0 Å².